The Morgan fingerprint density at radius 2 is 1.94 bits per heavy atom. The minimum absolute atomic E-state index is 0.0772. The Kier molecular flexibility index (Phi) is 8.14. The van der Waals surface area contributed by atoms with Gasteiger partial charge in [-0.25, -0.2) is 18.1 Å². The summed E-state index contributed by atoms with van der Waals surface area (Å²) in [6.07, 6.45) is 2.54. The Balaban J connectivity index is 1.59. The Morgan fingerprint density at radius 3 is 2.67 bits per heavy atom. The second-order valence-corrected chi connectivity index (χ2v) is 10.4. The van der Waals surface area contributed by atoms with Crippen molar-refractivity contribution < 1.29 is 13.2 Å². The molecule has 0 aliphatic carbocycles. The zero-order chi connectivity index (χ0) is 25.7. The average Bonchev–Trinajstić information content (AvgIpc) is 3.37. The molecule has 4 rings (SSSR count). The van der Waals surface area contributed by atoms with E-state index >= 15 is 0 Å². The van der Waals surface area contributed by atoms with Crippen molar-refractivity contribution in [3.63, 3.8) is 0 Å². The molecule has 0 bridgehead atoms. The van der Waals surface area contributed by atoms with Gasteiger partial charge in [0.15, 0.2) is 5.82 Å². The normalized spacial score (nSPS) is 15.7. The number of hydrogen-bond donors (Lipinski definition) is 4. The lowest BCUT2D eigenvalue weighted by Gasteiger charge is -2.21. The monoisotopic (exact) mass is 531 g/mol. The quantitative estimate of drug-likeness (QED) is 0.310. The third-order valence-electron chi connectivity index (χ3n) is 5.92. The topological polar surface area (TPSA) is 121 Å². The molecule has 36 heavy (non-hydrogen) atoms. The van der Waals surface area contributed by atoms with Crippen molar-refractivity contribution in [2.75, 3.05) is 49.3 Å². The van der Waals surface area contributed by atoms with Gasteiger partial charge in [0.05, 0.1) is 24.2 Å². The Hall–Kier alpha value is -3.12. The molecule has 1 aliphatic rings. The molecule has 192 valence electrons. The van der Waals surface area contributed by atoms with E-state index in [1.807, 2.05) is 32.2 Å². The molecule has 0 saturated carbocycles. The van der Waals surface area contributed by atoms with E-state index in [9.17, 15) is 8.42 Å². The molecule has 3 aromatic rings. The third kappa shape index (κ3) is 5.81. The van der Waals surface area contributed by atoms with Gasteiger partial charge in [-0.3, -0.25) is 0 Å². The zero-order valence-corrected chi connectivity index (χ0v) is 21.9. The first kappa shape index (κ1) is 26.0. The van der Waals surface area contributed by atoms with E-state index in [0.717, 1.165) is 25.2 Å². The van der Waals surface area contributed by atoms with Crippen LogP contribution in [0.25, 0.3) is 0 Å². The minimum Gasteiger partial charge on any atom is -0.492 e. The average molecular weight is 532 g/mol. The van der Waals surface area contributed by atoms with Crippen LogP contribution in [0.15, 0.2) is 53.6 Å². The van der Waals surface area contributed by atoms with Crippen LogP contribution in [0, 0.1) is 0 Å². The van der Waals surface area contributed by atoms with Crippen LogP contribution >= 0.6 is 11.6 Å². The lowest BCUT2D eigenvalue weighted by molar-refractivity contribution is 0.342. The number of para-hydroxylation sites is 1. The van der Waals surface area contributed by atoms with Gasteiger partial charge < -0.3 is 25.6 Å². The van der Waals surface area contributed by atoms with Gasteiger partial charge in [0.1, 0.15) is 15.7 Å². The number of ether oxygens (including phenoxy) is 1. The van der Waals surface area contributed by atoms with Crippen molar-refractivity contribution in [1.29, 1.82) is 0 Å². The first-order valence-corrected chi connectivity index (χ1v) is 13.5. The predicted molar refractivity (Wildman–Crippen MR) is 144 cm³/mol. The number of anilines is 5. The number of hydrogen-bond acceptors (Lipinski definition) is 9. The van der Waals surface area contributed by atoms with Gasteiger partial charge in [0.25, 0.3) is 0 Å². The number of nitrogens with zero attached hydrogens (tertiary/aromatic N) is 3. The number of rotatable bonds is 10. The van der Waals surface area contributed by atoms with Crippen molar-refractivity contribution in [2.24, 2.45) is 0 Å². The number of aromatic nitrogens is 2. The molecule has 0 spiro atoms. The summed E-state index contributed by atoms with van der Waals surface area (Å²) in [5, 5.41) is 9.79. The fraction of sp³-hybridized carbons (Fsp3) is 0.333. The molecule has 4 N–H and O–H groups in total. The summed E-state index contributed by atoms with van der Waals surface area (Å²) in [6.45, 7) is 4.35. The molecule has 0 unspecified atom stereocenters. The Bertz CT molecular complexity index is 1320. The van der Waals surface area contributed by atoms with E-state index in [1.54, 1.807) is 18.2 Å². The first-order valence-electron chi connectivity index (χ1n) is 11.6. The highest BCUT2D eigenvalue weighted by molar-refractivity contribution is 7.89. The molecular weight excluding hydrogens is 502 g/mol. The fourth-order valence-electron chi connectivity index (χ4n) is 3.99. The summed E-state index contributed by atoms with van der Waals surface area (Å²) < 4.78 is 33.1. The van der Waals surface area contributed by atoms with E-state index in [4.69, 9.17) is 16.3 Å². The second kappa shape index (κ2) is 11.3. The SMILES string of the molecule is CCOc1cc(N2CC[C@H](NC)C2)ccc1Nc1ncc(Cl)c(Nc2ccccc2S(=O)(=O)NC)n1. The second-order valence-electron chi connectivity index (χ2n) is 8.18. The van der Waals surface area contributed by atoms with Gasteiger partial charge in [0.2, 0.25) is 16.0 Å². The van der Waals surface area contributed by atoms with Crippen LogP contribution in [0.5, 0.6) is 5.75 Å². The number of nitrogens with one attached hydrogen (secondary N) is 4. The predicted octanol–water partition coefficient (Wildman–Crippen LogP) is 3.72. The summed E-state index contributed by atoms with van der Waals surface area (Å²) in [6, 6.07) is 13.0. The van der Waals surface area contributed by atoms with Gasteiger partial charge in [-0.2, -0.15) is 4.98 Å². The smallest absolute Gasteiger partial charge is 0.242 e. The van der Waals surface area contributed by atoms with E-state index in [1.165, 1.54) is 19.3 Å². The number of sulfonamides is 1. The maximum atomic E-state index is 12.4. The molecule has 1 aromatic heterocycles. The molecule has 1 fully saturated rings. The highest BCUT2D eigenvalue weighted by Crippen LogP contribution is 2.34. The van der Waals surface area contributed by atoms with Gasteiger partial charge in [-0.05, 0) is 51.7 Å². The van der Waals surface area contributed by atoms with Crippen molar-refractivity contribution in [1.82, 2.24) is 20.0 Å². The van der Waals surface area contributed by atoms with Gasteiger partial charge in [-0.15, -0.1) is 0 Å². The summed E-state index contributed by atoms with van der Waals surface area (Å²) in [5.41, 5.74) is 2.13. The third-order valence-corrected chi connectivity index (χ3v) is 7.66. The van der Waals surface area contributed by atoms with Crippen molar-refractivity contribution in [3.05, 3.63) is 53.7 Å². The van der Waals surface area contributed by atoms with Crippen LogP contribution in [0.1, 0.15) is 13.3 Å². The van der Waals surface area contributed by atoms with Crippen LogP contribution in [-0.2, 0) is 10.0 Å². The molecule has 2 aromatic carbocycles. The molecule has 1 aliphatic heterocycles. The number of benzene rings is 2. The van der Waals surface area contributed by atoms with E-state index in [0.29, 0.717) is 29.8 Å². The summed E-state index contributed by atoms with van der Waals surface area (Å²) >= 11 is 6.33. The van der Waals surface area contributed by atoms with Crippen molar-refractivity contribution >= 4 is 50.5 Å². The zero-order valence-electron chi connectivity index (χ0n) is 20.4. The molecule has 0 radical (unpaired) electrons. The molecule has 0 amide bonds. The summed E-state index contributed by atoms with van der Waals surface area (Å²) in [7, 11) is -0.345. The highest BCUT2D eigenvalue weighted by Gasteiger charge is 2.22. The lowest BCUT2D eigenvalue weighted by Crippen LogP contribution is -2.29. The lowest BCUT2D eigenvalue weighted by atomic mass is 10.2. The molecule has 12 heteroatoms. The maximum Gasteiger partial charge on any atom is 0.242 e. The van der Waals surface area contributed by atoms with Gasteiger partial charge in [-0.1, -0.05) is 23.7 Å². The largest absolute Gasteiger partial charge is 0.492 e. The van der Waals surface area contributed by atoms with Crippen LogP contribution in [0.2, 0.25) is 5.02 Å². The standard InChI is InChI=1S/C24H30ClN7O3S/c1-4-35-21-13-17(32-12-11-16(15-32)26-2)9-10-19(21)30-24-28-14-18(25)23(31-24)29-20-7-5-6-8-22(20)36(33,34)27-3/h5-10,13-14,16,26-27H,4,11-12,15H2,1-3H3,(H2,28,29,30,31)/t16-/m0/s1. The Labute approximate surface area is 216 Å². The fourth-order valence-corrected chi connectivity index (χ4v) is 5.02. The molecule has 10 nitrogen and oxygen atoms in total. The summed E-state index contributed by atoms with van der Waals surface area (Å²) in [4.78, 5) is 11.2. The van der Waals surface area contributed by atoms with E-state index < -0.39 is 10.0 Å². The van der Waals surface area contributed by atoms with Crippen LogP contribution in [0.4, 0.5) is 28.8 Å². The Morgan fingerprint density at radius 1 is 1.14 bits per heavy atom. The molecule has 1 saturated heterocycles. The molecule has 2 heterocycles. The summed E-state index contributed by atoms with van der Waals surface area (Å²) in [5.74, 6) is 1.22. The highest BCUT2D eigenvalue weighted by atomic mass is 35.5. The number of likely N-dealkylation sites (N-methyl/N-ethyl adjacent to an activating group) is 1. The van der Waals surface area contributed by atoms with E-state index in [-0.39, 0.29) is 21.7 Å². The maximum absolute atomic E-state index is 12.4. The van der Waals surface area contributed by atoms with Crippen LogP contribution in [-0.4, -0.2) is 58.2 Å². The minimum atomic E-state index is -3.69. The molecule has 1 atom stereocenters. The van der Waals surface area contributed by atoms with Gasteiger partial charge >= 0.3 is 0 Å². The van der Waals surface area contributed by atoms with Crippen LogP contribution in [0.3, 0.4) is 0 Å². The first-order chi connectivity index (χ1) is 17.3. The van der Waals surface area contributed by atoms with Crippen molar-refractivity contribution in [3.8, 4) is 5.75 Å². The van der Waals surface area contributed by atoms with Gasteiger partial charge in [0, 0.05) is 30.9 Å². The van der Waals surface area contributed by atoms with E-state index in [2.05, 4.69) is 35.5 Å². The molecular formula is C24H30ClN7O3S. The number of halogens is 1. The van der Waals surface area contributed by atoms with Crippen LogP contribution < -0.4 is 30.3 Å². The van der Waals surface area contributed by atoms with Crippen molar-refractivity contribution in [2.45, 2.75) is 24.3 Å².